The number of aromatic nitrogens is 3. The largest absolute Gasteiger partial charge is 0.392 e. The molecule has 0 aromatic carbocycles. The van der Waals surface area contributed by atoms with E-state index in [9.17, 15) is 9.90 Å². The van der Waals surface area contributed by atoms with Crippen molar-refractivity contribution in [3.63, 3.8) is 0 Å². The van der Waals surface area contributed by atoms with E-state index in [1.165, 1.54) is 6.33 Å². The highest BCUT2D eigenvalue weighted by atomic mass is 32.2. The Morgan fingerprint density at radius 2 is 2.38 bits per heavy atom. The van der Waals surface area contributed by atoms with Gasteiger partial charge in [-0.05, 0) is 19.4 Å². The quantitative estimate of drug-likeness (QED) is 0.620. The third-order valence-corrected chi connectivity index (χ3v) is 5.78. The average molecular weight is 374 g/mol. The van der Waals surface area contributed by atoms with Gasteiger partial charge in [-0.15, -0.1) is 11.8 Å². The number of aromatic amines is 1. The number of β-amino-alcohol motifs (C(OH)–C–C–N with tert-alkyl or cyclic N) is 1. The van der Waals surface area contributed by atoms with Crippen LogP contribution in [0.2, 0.25) is 0 Å². The number of nitrogens with zero attached hydrogens (tertiary/aromatic N) is 3. The van der Waals surface area contributed by atoms with Crippen molar-refractivity contribution in [1.82, 2.24) is 25.6 Å². The van der Waals surface area contributed by atoms with Gasteiger partial charge < -0.3 is 25.6 Å². The fraction of sp³-hybridized carbons (Fsp3) is 0.471. The van der Waals surface area contributed by atoms with Crippen molar-refractivity contribution in [1.29, 1.82) is 0 Å². The van der Waals surface area contributed by atoms with Gasteiger partial charge >= 0.3 is 0 Å². The van der Waals surface area contributed by atoms with Crippen molar-refractivity contribution >= 4 is 34.5 Å². The van der Waals surface area contributed by atoms with Gasteiger partial charge in [0.25, 0.3) is 5.91 Å². The molecule has 2 aliphatic heterocycles. The van der Waals surface area contributed by atoms with Gasteiger partial charge in [0.1, 0.15) is 17.8 Å². The molecule has 1 amide bonds. The molecule has 9 heteroatoms. The molecule has 138 valence electrons. The van der Waals surface area contributed by atoms with Crippen LogP contribution in [-0.2, 0) is 4.79 Å². The number of nitrogens with one attached hydrogen (secondary N) is 3. The summed E-state index contributed by atoms with van der Waals surface area (Å²) >= 11 is 1.55. The first-order valence-electron chi connectivity index (χ1n) is 8.73. The van der Waals surface area contributed by atoms with Crippen molar-refractivity contribution in [3.05, 3.63) is 29.7 Å². The summed E-state index contributed by atoms with van der Waals surface area (Å²) in [7, 11) is 0. The minimum absolute atomic E-state index is 0.0491. The number of amides is 1. The zero-order valence-corrected chi connectivity index (χ0v) is 15.3. The minimum atomic E-state index is -0.334. The maximum absolute atomic E-state index is 12.7. The number of aliphatic hydroxyl groups is 1. The molecule has 0 saturated carbocycles. The second-order valence-corrected chi connectivity index (χ2v) is 7.78. The summed E-state index contributed by atoms with van der Waals surface area (Å²) in [5.74, 6) is 1.52. The Morgan fingerprint density at radius 3 is 3.19 bits per heavy atom. The molecule has 4 N–H and O–H groups in total. The van der Waals surface area contributed by atoms with Gasteiger partial charge in [-0.3, -0.25) is 4.79 Å². The van der Waals surface area contributed by atoms with E-state index in [0.717, 1.165) is 29.1 Å². The number of thioether (sulfide) groups is 1. The maximum Gasteiger partial charge on any atom is 0.259 e. The van der Waals surface area contributed by atoms with Crippen molar-refractivity contribution < 1.29 is 9.90 Å². The first-order valence-corrected chi connectivity index (χ1v) is 9.72. The van der Waals surface area contributed by atoms with Gasteiger partial charge in [0.2, 0.25) is 0 Å². The summed E-state index contributed by atoms with van der Waals surface area (Å²) in [5, 5.41) is 16.9. The lowest BCUT2D eigenvalue weighted by Gasteiger charge is -2.27. The second kappa shape index (κ2) is 7.26. The van der Waals surface area contributed by atoms with Crippen molar-refractivity contribution in [3.8, 4) is 0 Å². The minimum Gasteiger partial charge on any atom is -0.392 e. The Morgan fingerprint density at radius 1 is 1.50 bits per heavy atom. The zero-order valence-electron chi connectivity index (χ0n) is 14.5. The van der Waals surface area contributed by atoms with E-state index >= 15 is 0 Å². The van der Waals surface area contributed by atoms with E-state index in [4.69, 9.17) is 0 Å². The first-order chi connectivity index (χ1) is 12.6. The van der Waals surface area contributed by atoms with Gasteiger partial charge in [-0.2, -0.15) is 0 Å². The molecule has 1 saturated heterocycles. The highest BCUT2D eigenvalue weighted by Crippen LogP contribution is 2.29. The van der Waals surface area contributed by atoms with E-state index < -0.39 is 0 Å². The molecule has 3 atom stereocenters. The number of carbonyl (C=O) groups excluding carboxylic acids is 1. The number of hydrogen-bond donors (Lipinski definition) is 4. The van der Waals surface area contributed by atoms with Gasteiger partial charge in [0.05, 0.1) is 16.4 Å². The number of hydrogen-bond acceptors (Lipinski definition) is 7. The molecule has 8 nitrogen and oxygen atoms in total. The fourth-order valence-electron chi connectivity index (χ4n) is 3.38. The molecule has 1 unspecified atom stereocenters. The Bertz CT molecular complexity index is 838. The number of H-pyrrole nitrogens is 1. The summed E-state index contributed by atoms with van der Waals surface area (Å²) in [4.78, 5) is 27.1. The Balaban J connectivity index is 1.49. The lowest BCUT2D eigenvalue weighted by molar-refractivity contribution is -0.117. The highest BCUT2D eigenvalue weighted by Gasteiger charge is 2.29. The van der Waals surface area contributed by atoms with E-state index in [1.807, 2.05) is 30.3 Å². The summed E-state index contributed by atoms with van der Waals surface area (Å²) < 4.78 is 0. The predicted octanol–water partition coefficient (Wildman–Crippen LogP) is 0.580. The van der Waals surface area contributed by atoms with Crippen LogP contribution in [0.15, 0.2) is 29.7 Å². The second-order valence-electron chi connectivity index (χ2n) is 6.64. The highest BCUT2D eigenvalue weighted by molar-refractivity contribution is 8.04. The SMILES string of the molecule is CC(NC(=O)C1=CN(c2ncnc3[nH]ccc23)CCS1)[C@@H]1C[C@@H](O)CN1. The molecule has 2 aliphatic rings. The van der Waals surface area contributed by atoms with Crippen molar-refractivity contribution in [2.75, 3.05) is 23.7 Å². The summed E-state index contributed by atoms with van der Waals surface area (Å²) in [6, 6.07) is 1.99. The fourth-order valence-corrected chi connectivity index (χ4v) is 4.28. The first kappa shape index (κ1) is 17.3. The van der Waals surface area contributed by atoms with Crippen LogP contribution in [0.1, 0.15) is 13.3 Å². The molecule has 4 heterocycles. The Labute approximate surface area is 155 Å². The molecule has 0 aliphatic carbocycles. The topological polar surface area (TPSA) is 106 Å². The lowest BCUT2D eigenvalue weighted by Crippen LogP contribution is -2.46. The smallest absolute Gasteiger partial charge is 0.259 e. The van der Waals surface area contributed by atoms with Gasteiger partial charge in [-0.25, -0.2) is 9.97 Å². The number of rotatable bonds is 4. The van der Waals surface area contributed by atoms with E-state index in [0.29, 0.717) is 17.9 Å². The maximum atomic E-state index is 12.7. The van der Waals surface area contributed by atoms with Gasteiger partial charge in [0.15, 0.2) is 0 Å². The number of aliphatic hydroxyl groups excluding tert-OH is 1. The predicted molar refractivity (Wildman–Crippen MR) is 102 cm³/mol. The third-order valence-electron chi connectivity index (χ3n) is 4.80. The summed E-state index contributed by atoms with van der Waals surface area (Å²) in [6.45, 7) is 3.33. The van der Waals surface area contributed by atoms with E-state index in [2.05, 4.69) is 25.6 Å². The van der Waals surface area contributed by atoms with Crippen LogP contribution in [0.5, 0.6) is 0 Å². The molecule has 2 aromatic rings. The third kappa shape index (κ3) is 3.42. The van der Waals surface area contributed by atoms with Crippen LogP contribution in [-0.4, -0.2) is 63.0 Å². The molecule has 1 fully saturated rings. The van der Waals surface area contributed by atoms with Crippen LogP contribution in [0.4, 0.5) is 5.82 Å². The molecule has 26 heavy (non-hydrogen) atoms. The van der Waals surface area contributed by atoms with Crippen molar-refractivity contribution in [2.24, 2.45) is 0 Å². The molecule has 2 aromatic heterocycles. The summed E-state index contributed by atoms with van der Waals surface area (Å²) in [6.07, 6.45) is 5.56. The molecule has 0 radical (unpaired) electrons. The molecular weight excluding hydrogens is 352 g/mol. The molecule has 0 bridgehead atoms. The van der Waals surface area contributed by atoms with E-state index in [-0.39, 0.29) is 24.1 Å². The van der Waals surface area contributed by atoms with Crippen LogP contribution in [0.3, 0.4) is 0 Å². The number of anilines is 1. The van der Waals surface area contributed by atoms with Crippen LogP contribution < -0.4 is 15.5 Å². The van der Waals surface area contributed by atoms with Crippen LogP contribution in [0, 0.1) is 0 Å². The zero-order chi connectivity index (χ0) is 18.1. The number of carbonyl (C=O) groups is 1. The van der Waals surface area contributed by atoms with E-state index in [1.54, 1.807) is 11.8 Å². The van der Waals surface area contributed by atoms with Crippen LogP contribution >= 0.6 is 11.8 Å². The lowest BCUT2D eigenvalue weighted by atomic mass is 10.1. The van der Waals surface area contributed by atoms with Gasteiger partial charge in [0, 0.05) is 43.3 Å². The van der Waals surface area contributed by atoms with Crippen LogP contribution in [0.25, 0.3) is 11.0 Å². The summed E-state index contributed by atoms with van der Waals surface area (Å²) in [5.41, 5.74) is 0.784. The average Bonchev–Trinajstić information content (AvgIpc) is 3.30. The number of fused-ring (bicyclic) bond motifs is 1. The molecule has 0 spiro atoms. The molecular formula is C17H22N6O2S. The normalized spacial score (nSPS) is 24.5. The standard InChI is InChI=1S/C17H22N6O2S/c1-10(13-6-11(24)7-19-13)22-17(25)14-8-23(4-5-26-14)16-12-2-3-18-15(12)20-9-21-16/h2-3,8-11,13,19,24H,4-7H2,1H3,(H,22,25)(H,18,20,21)/t10?,11-,13+/m1/s1. The molecule has 4 rings (SSSR count). The monoisotopic (exact) mass is 374 g/mol. The Kier molecular flexibility index (Phi) is 4.84. The van der Waals surface area contributed by atoms with Gasteiger partial charge in [-0.1, -0.05) is 0 Å². The van der Waals surface area contributed by atoms with Crippen molar-refractivity contribution in [2.45, 2.75) is 31.5 Å². The Hall–Kier alpha value is -2.10.